The highest BCUT2D eigenvalue weighted by atomic mass is 19.4. The van der Waals surface area contributed by atoms with Crippen molar-refractivity contribution in [2.45, 2.75) is 37.9 Å². The molecule has 1 aliphatic carbocycles. The maximum Gasteiger partial charge on any atom is 0.419 e. The van der Waals surface area contributed by atoms with Gasteiger partial charge in [-0.2, -0.15) is 13.2 Å². The summed E-state index contributed by atoms with van der Waals surface area (Å²) in [6, 6.07) is 0.0215. The van der Waals surface area contributed by atoms with Gasteiger partial charge in [0.2, 0.25) is 0 Å². The SMILES string of the molecule is C=C(C(=O)C1CCC(N)CC1)C(F)(F)F. The van der Waals surface area contributed by atoms with Crippen LogP contribution in [0.2, 0.25) is 0 Å². The third-order valence-electron chi connectivity index (χ3n) is 2.78. The standard InChI is InChI=1S/C10H14F3NO/c1-6(10(11,12)13)9(15)7-2-4-8(14)5-3-7/h7-8H,1-5,14H2. The van der Waals surface area contributed by atoms with E-state index in [9.17, 15) is 18.0 Å². The summed E-state index contributed by atoms with van der Waals surface area (Å²) < 4.78 is 36.6. The average Bonchev–Trinajstić information content (AvgIpc) is 2.15. The fraction of sp³-hybridized carbons (Fsp3) is 0.700. The van der Waals surface area contributed by atoms with Gasteiger partial charge in [-0.15, -0.1) is 0 Å². The summed E-state index contributed by atoms with van der Waals surface area (Å²) in [5.41, 5.74) is 4.37. The monoisotopic (exact) mass is 221 g/mol. The molecule has 0 atom stereocenters. The van der Waals surface area contributed by atoms with Crippen molar-refractivity contribution >= 4 is 5.78 Å². The van der Waals surface area contributed by atoms with E-state index >= 15 is 0 Å². The lowest BCUT2D eigenvalue weighted by Crippen LogP contribution is -2.32. The van der Waals surface area contributed by atoms with Crippen molar-refractivity contribution < 1.29 is 18.0 Å². The molecule has 1 rings (SSSR count). The van der Waals surface area contributed by atoms with Gasteiger partial charge >= 0.3 is 6.18 Å². The van der Waals surface area contributed by atoms with Crippen LogP contribution in [0.25, 0.3) is 0 Å². The molecule has 0 radical (unpaired) electrons. The first kappa shape index (κ1) is 12.2. The van der Waals surface area contributed by atoms with Crippen molar-refractivity contribution in [2.75, 3.05) is 0 Å². The van der Waals surface area contributed by atoms with E-state index in [1.165, 1.54) is 0 Å². The second-order valence-corrected chi connectivity index (χ2v) is 3.95. The van der Waals surface area contributed by atoms with E-state index in [4.69, 9.17) is 5.73 Å². The third-order valence-corrected chi connectivity index (χ3v) is 2.78. The first-order valence-corrected chi connectivity index (χ1v) is 4.88. The predicted octanol–water partition coefficient (Wildman–Crippen LogP) is 2.19. The Hall–Kier alpha value is -0.840. The normalized spacial score (nSPS) is 27.5. The number of carbonyl (C=O) groups is 1. The molecule has 0 amide bonds. The minimum atomic E-state index is -4.60. The van der Waals surface area contributed by atoms with E-state index in [0.29, 0.717) is 25.7 Å². The molecule has 1 aliphatic rings. The number of allylic oxidation sites excluding steroid dienone is 1. The second kappa shape index (κ2) is 4.35. The van der Waals surface area contributed by atoms with Crippen LogP contribution in [0.5, 0.6) is 0 Å². The summed E-state index contributed by atoms with van der Waals surface area (Å²) in [5.74, 6) is -1.41. The number of hydrogen-bond acceptors (Lipinski definition) is 2. The van der Waals surface area contributed by atoms with E-state index in [1.54, 1.807) is 0 Å². The van der Waals surface area contributed by atoms with Gasteiger partial charge in [-0.05, 0) is 25.7 Å². The molecule has 1 saturated carbocycles. The number of halogens is 3. The summed E-state index contributed by atoms with van der Waals surface area (Å²) in [4.78, 5) is 11.4. The summed E-state index contributed by atoms with van der Waals surface area (Å²) >= 11 is 0. The number of ketones is 1. The van der Waals surface area contributed by atoms with Gasteiger partial charge in [0.25, 0.3) is 0 Å². The second-order valence-electron chi connectivity index (χ2n) is 3.95. The number of rotatable bonds is 2. The van der Waals surface area contributed by atoms with Gasteiger partial charge in [0, 0.05) is 12.0 Å². The molecule has 1 fully saturated rings. The van der Waals surface area contributed by atoms with Gasteiger partial charge in [0.05, 0.1) is 5.57 Å². The highest BCUT2D eigenvalue weighted by Crippen LogP contribution is 2.32. The molecular weight excluding hydrogens is 207 g/mol. The van der Waals surface area contributed by atoms with Crippen molar-refractivity contribution in [1.29, 1.82) is 0 Å². The highest BCUT2D eigenvalue weighted by molar-refractivity contribution is 5.97. The summed E-state index contributed by atoms with van der Waals surface area (Å²) in [6.07, 6.45) is -2.50. The van der Waals surface area contributed by atoms with E-state index < -0.39 is 23.5 Å². The number of nitrogens with two attached hydrogens (primary N) is 1. The summed E-state index contributed by atoms with van der Waals surface area (Å²) in [5, 5.41) is 0. The van der Waals surface area contributed by atoms with Crippen molar-refractivity contribution in [3.63, 3.8) is 0 Å². The Morgan fingerprint density at radius 2 is 1.67 bits per heavy atom. The molecule has 0 unspecified atom stereocenters. The first-order valence-electron chi connectivity index (χ1n) is 4.88. The molecule has 0 aromatic rings. The summed E-state index contributed by atoms with van der Waals surface area (Å²) in [7, 11) is 0. The summed E-state index contributed by atoms with van der Waals surface area (Å²) in [6.45, 7) is 2.81. The van der Waals surface area contributed by atoms with Gasteiger partial charge < -0.3 is 5.73 Å². The van der Waals surface area contributed by atoms with Gasteiger partial charge in [0.15, 0.2) is 5.78 Å². The Kier molecular flexibility index (Phi) is 3.54. The minimum absolute atomic E-state index is 0.0215. The average molecular weight is 221 g/mol. The van der Waals surface area contributed by atoms with Crippen LogP contribution in [0.15, 0.2) is 12.2 Å². The Labute approximate surface area is 86.3 Å². The van der Waals surface area contributed by atoms with Crippen molar-refractivity contribution in [3.05, 3.63) is 12.2 Å². The minimum Gasteiger partial charge on any atom is -0.328 e. The zero-order valence-electron chi connectivity index (χ0n) is 8.31. The molecule has 86 valence electrons. The van der Waals surface area contributed by atoms with Crippen LogP contribution in [0.4, 0.5) is 13.2 Å². The van der Waals surface area contributed by atoms with Crippen LogP contribution in [0.3, 0.4) is 0 Å². The highest BCUT2D eigenvalue weighted by Gasteiger charge is 2.39. The number of alkyl halides is 3. The van der Waals surface area contributed by atoms with Crippen LogP contribution < -0.4 is 5.73 Å². The van der Waals surface area contributed by atoms with Gasteiger partial charge in [-0.25, -0.2) is 0 Å². The largest absolute Gasteiger partial charge is 0.419 e. The van der Waals surface area contributed by atoms with Gasteiger partial charge in [-0.3, -0.25) is 4.79 Å². The van der Waals surface area contributed by atoms with Crippen molar-refractivity contribution in [3.8, 4) is 0 Å². The molecule has 15 heavy (non-hydrogen) atoms. The molecule has 0 aliphatic heterocycles. The van der Waals surface area contributed by atoms with E-state index in [1.807, 2.05) is 0 Å². The van der Waals surface area contributed by atoms with Crippen LogP contribution >= 0.6 is 0 Å². The molecule has 0 aromatic heterocycles. The van der Waals surface area contributed by atoms with E-state index in [2.05, 4.69) is 6.58 Å². The third kappa shape index (κ3) is 3.06. The van der Waals surface area contributed by atoms with Crippen LogP contribution in [0.1, 0.15) is 25.7 Å². The number of hydrogen-bond donors (Lipinski definition) is 1. The smallest absolute Gasteiger partial charge is 0.328 e. The Morgan fingerprint density at radius 1 is 1.20 bits per heavy atom. The van der Waals surface area contributed by atoms with Crippen LogP contribution in [-0.2, 0) is 4.79 Å². The quantitative estimate of drug-likeness (QED) is 0.726. The lowest BCUT2D eigenvalue weighted by Gasteiger charge is -2.25. The Balaban J connectivity index is 2.58. The van der Waals surface area contributed by atoms with Crippen molar-refractivity contribution in [2.24, 2.45) is 11.7 Å². The van der Waals surface area contributed by atoms with E-state index in [-0.39, 0.29) is 6.04 Å². The molecule has 0 saturated heterocycles. The van der Waals surface area contributed by atoms with E-state index in [0.717, 1.165) is 0 Å². The topological polar surface area (TPSA) is 43.1 Å². The Bertz CT molecular complexity index is 264. The molecule has 0 heterocycles. The molecule has 5 heteroatoms. The molecule has 0 bridgehead atoms. The lowest BCUT2D eigenvalue weighted by molar-refractivity contribution is -0.132. The van der Waals surface area contributed by atoms with Gasteiger partial charge in [0.1, 0.15) is 0 Å². The number of Topliss-reactive ketones (excluding diaryl/α,β-unsaturated/α-hetero) is 1. The van der Waals surface area contributed by atoms with Crippen LogP contribution in [-0.4, -0.2) is 18.0 Å². The van der Waals surface area contributed by atoms with Gasteiger partial charge in [-0.1, -0.05) is 6.58 Å². The molecule has 0 spiro atoms. The maximum absolute atomic E-state index is 12.2. The number of carbonyl (C=O) groups excluding carboxylic acids is 1. The fourth-order valence-electron chi connectivity index (χ4n) is 1.77. The maximum atomic E-state index is 12.2. The molecule has 2 nitrogen and oxygen atoms in total. The first-order chi connectivity index (χ1) is 6.82. The molecule has 0 aromatic carbocycles. The van der Waals surface area contributed by atoms with Crippen molar-refractivity contribution in [1.82, 2.24) is 0 Å². The predicted molar refractivity (Wildman–Crippen MR) is 50.1 cm³/mol. The zero-order valence-corrected chi connectivity index (χ0v) is 8.31. The lowest BCUT2D eigenvalue weighted by atomic mass is 9.82. The molecular formula is C10H14F3NO. The molecule has 2 N–H and O–H groups in total. The Morgan fingerprint density at radius 3 is 2.07 bits per heavy atom. The van der Waals surface area contributed by atoms with Crippen LogP contribution in [0, 0.1) is 5.92 Å². The fourth-order valence-corrected chi connectivity index (χ4v) is 1.77. The zero-order chi connectivity index (χ0) is 11.6.